The lowest BCUT2D eigenvalue weighted by molar-refractivity contribution is -0.138. The van der Waals surface area contributed by atoms with Gasteiger partial charge in [0.2, 0.25) is 5.13 Å². The predicted molar refractivity (Wildman–Crippen MR) is 39.0 cm³/mol. The van der Waals surface area contributed by atoms with Crippen molar-refractivity contribution in [1.82, 2.24) is 9.36 Å². The Morgan fingerprint density at radius 2 is 2.25 bits per heavy atom. The Kier molecular flexibility index (Phi) is 2.51. The van der Waals surface area contributed by atoms with Gasteiger partial charge in [-0.15, -0.1) is 0 Å². The van der Waals surface area contributed by atoms with Crippen LogP contribution in [0.1, 0.15) is 6.92 Å². The third-order valence-corrected chi connectivity index (χ3v) is 1.79. The topological polar surface area (TPSA) is 37.8 Å². The van der Waals surface area contributed by atoms with Crippen molar-refractivity contribution >= 4 is 16.7 Å². The van der Waals surface area contributed by atoms with E-state index < -0.39 is 12.2 Å². The van der Waals surface area contributed by atoms with E-state index >= 15 is 0 Å². The Morgan fingerprint density at radius 1 is 1.58 bits per heavy atom. The van der Waals surface area contributed by atoms with Crippen molar-refractivity contribution in [3.8, 4) is 0 Å². The fourth-order valence-corrected chi connectivity index (χ4v) is 1.02. The average molecular weight is 197 g/mol. The van der Waals surface area contributed by atoms with E-state index in [0.29, 0.717) is 0 Å². The van der Waals surface area contributed by atoms with E-state index in [1.807, 2.05) is 0 Å². The summed E-state index contributed by atoms with van der Waals surface area (Å²) in [5, 5.41) is 2.36. The van der Waals surface area contributed by atoms with Crippen molar-refractivity contribution in [3.63, 3.8) is 0 Å². The zero-order valence-electron chi connectivity index (χ0n) is 6.09. The molecule has 1 aromatic rings. The van der Waals surface area contributed by atoms with Gasteiger partial charge < -0.3 is 5.32 Å². The summed E-state index contributed by atoms with van der Waals surface area (Å²) in [7, 11) is 0. The zero-order valence-corrected chi connectivity index (χ0v) is 6.91. The lowest BCUT2D eigenvalue weighted by atomic mass is 10.3. The van der Waals surface area contributed by atoms with Crippen LogP contribution in [0.5, 0.6) is 0 Å². The van der Waals surface area contributed by atoms with Crippen LogP contribution in [0.4, 0.5) is 18.3 Å². The van der Waals surface area contributed by atoms with Gasteiger partial charge in [0.1, 0.15) is 12.4 Å². The number of anilines is 1. The summed E-state index contributed by atoms with van der Waals surface area (Å²) in [4.78, 5) is 3.57. The molecule has 0 spiro atoms. The fraction of sp³-hybridized carbons (Fsp3) is 0.600. The number of hydrogen-bond donors (Lipinski definition) is 1. The summed E-state index contributed by atoms with van der Waals surface area (Å²) in [6, 6.07) is -1.59. The van der Waals surface area contributed by atoms with Crippen LogP contribution in [0.2, 0.25) is 0 Å². The standard InChI is InChI=1S/C5H6F3N3S/c1-3(5(6,7)8)11-4-9-2-10-12-4/h2-3H,1H3,(H,9,10,11). The minimum Gasteiger partial charge on any atom is -0.349 e. The first-order valence-electron chi connectivity index (χ1n) is 3.10. The minimum absolute atomic E-state index is 0.180. The first-order chi connectivity index (χ1) is 5.50. The van der Waals surface area contributed by atoms with Crippen molar-refractivity contribution in [1.29, 1.82) is 0 Å². The highest BCUT2D eigenvalue weighted by atomic mass is 32.1. The molecule has 0 bridgehead atoms. The van der Waals surface area contributed by atoms with Crippen LogP contribution in [0.15, 0.2) is 6.33 Å². The molecule has 1 rings (SSSR count). The highest BCUT2D eigenvalue weighted by Gasteiger charge is 2.36. The van der Waals surface area contributed by atoms with Gasteiger partial charge in [-0.3, -0.25) is 0 Å². The molecule has 0 fully saturated rings. The molecular formula is C5H6F3N3S. The van der Waals surface area contributed by atoms with Crippen LogP contribution in [0.25, 0.3) is 0 Å². The maximum atomic E-state index is 11.9. The van der Waals surface area contributed by atoms with E-state index in [0.717, 1.165) is 18.5 Å². The molecule has 1 heterocycles. The summed E-state index contributed by atoms with van der Waals surface area (Å²) < 4.78 is 39.4. The molecule has 0 aliphatic carbocycles. The third kappa shape index (κ3) is 2.33. The molecule has 0 aromatic carbocycles. The zero-order chi connectivity index (χ0) is 9.19. The van der Waals surface area contributed by atoms with Gasteiger partial charge in [0.25, 0.3) is 0 Å². The summed E-state index contributed by atoms with van der Waals surface area (Å²) in [6.45, 7) is 1.03. The second-order valence-corrected chi connectivity index (χ2v) is 2.93. The Bertz CT molecular complexity index is 233. The van der Waals surface area contributed by atoms with Gasteiger partial charge in [0.15, 0.2) is 0 Å². The SMILES string of the molecule is CC(Nc1ncns1)C(F)(F)F. The Labute approximate surface area is 70.8 Å². The Hall–Kier alpha value is -0.850. The van der Waals surface area contributed by atoms with Crippen molar-refractivity contribution < 1.29 is 13.2 Å². The highest BCUT2D eigenvalue weighted by molar-refractivity contribution is 7.09. The van der Waals surface area contributed by atoms with Crippen LogP contribution >= 0.6 is 11.5 Å². The molecule has 0 radical (unpaired) electrons. The molecule has 3 nitrogen and oxygen atoms in total. The van der Waals surface area contributed by atoms with E-state index in [2.05, 4.69) is 14.7 Å². The largest absolute Gasteiger partial charge is 0.408 e. The number of nitrogens with zero attached hydrogens (tertiary/aromatic N) is 2. The molecule has 0 aliphatic rings. The molecule has 0 amide bonds. The molecule has 12 heavy (non-hydrogen) atoms. The number of aromatic nitrogens is 2. The van der Waals surface area contributed by atoms with Crippen LogP contribution in [0, 0.1) is 0 Å². The molecule has 1 unspecified atom stereocenters. The quantitative estimate of drug-likeness (QED) is 0.786. The number of hydrogen-bond acceptors (Lipinski definition) is 4. The van der Waals surface area contributed by atoms with E-state index in [1.54, 1.807) is 0 Å². The van der Waals surface area contributed by atoms with E-state index in [1.165, 1.54) is 6.33 Å². The molecule has 0 saturated carbocycles. The molecular weight excluding hydrogens is 191 g/mol. The van der Waals surface area contributed by atoms with E-state index in [9.17, 15) is 13.2 Å². The van der Waals surface area contributed by atoms with Crippen molar-refractivity contribution in [2.45, 2.75) is 19.1 Å². The van der Waals surface area contributed by atoms with Crippen LogP contribution < -0.4 is 5.32 Å². The van der Waals surface area contributed by atoms with Crippen LogP contribution in [0.3, 0.4) is 0 Å². The van der Waals surface area contributed by atoms with Gasteiger partial charge >= 0.3 is 6.18 Å². The van der Waals surface area contributed by atoms with Gasteiger partial charge in [0, 0.05) is 11.5 Å². The minimum atomic E-state index is -4.24. The fourth-order valence-electron chi connectivity index (χ4n) is 0.504. The normalized spacial score (nSPS) is 14.3. The van der Waals surface area contributed by atoms with Gasteiger partial charge in [-0.2, -0.15) is 17.5 Å². The first kappa shape index (κ1) is 9.24. The van der Waals surface area contributed by atoms with Gasteiger partial charge in [-0.25, -0.2) is 4.98 Å². The second kappa shape index (κ2) is 3.26. The summed E-state index contributed by atoms with van der Waals surface area (Å²) in [5.74, 6) is 0. The molecule has 0 aliphatic heterocycles. The molecule has 1 aromatic heterocycles. The Balaban J connectivity index is 2.53. The van der Waals surface area contributed by atoms with Crippen molar-refractivity contribution in [3.05, 3.63) is 6.33 Å². The molecule has 1 atom stereocenters. The lowest BCUT2D eigenvalue weighted by Gasteiger charge is -2.15. The molecule has 1 N–H and O–H groups in total. The van der Waals surface area contributed by atoms with Gasteiger partial charge in [-0.1, -0.05) is 0 Å². The number of rotatable bonds is 2. The van der Waals surface area contributed by atoms with Crippen LogP contribution in [-0.4, -0.2) is 21.6 Å². The van der Waals surface area contributed by atoms with Crippen LogP contribution in [-0.2, 0) is 0 Å². The molecule has 0 saturated heterocycles. The van der Waals surface area contributed by atoms with E-state index in [4.69, 9.17) is 0 Å². The summed E-state index contributed by atoms with van der Waals surface area (Å²) in [6.07, 6.45) is -3.04. The van der Waals surface area contributed by atoms with Crippen molar-refractivity contribution in [2.24, 2.45) is 0 Å². The van der Waals surface area contributed by atoms with Gasteiger partial charge in [0.05, 0.1) is 0 Å². The monoisotopic (exact) mass is 197 g/mol. The molecule has 7 heteroatoms. The number of alkyl halides is 3. The van der Waals surface area contributed by atoms with Gasteiger partial charge in [-0.05, 0) is 6.92 Å². The Morgan fingerprint density at radius 3 is 2.67 bits per heavy atom. The van der Waals surface area contributed by atoms with E-state index in [-0.39, 0.29) is 5.13 Å². The number of nitrogens with one attached hydrogen (secondary N) is 1. The maximum absolute atomic E-state index is 11.9. The summed E-state index contributed by atoms with van der Waals surface area (Å²) >= 11 is 0.895. The number of halogens is 3. The predicted octanol–water partition coefficient (Wildman–Crippen LogP) is 1.90. The maximum Gasteiger partial charge on any atom is 0.408 e. The van der Waals surface area contributed by atoms with Crippen molar-refractivity contribution in [2.75, 3.05) is 5.32 Å². The smallest absolute Gasteiger partial charge is 0.349 e. The average Bonchev–Trinajstić information content (AvgIpc) is 2.37. The third-order valence-electron chi connectivity index (χ3n) is 1.19. The highest BCUT2D eigenvalue weighted by Crippen LogP contribution is 2.23. The second-order valence-electron chi connectivity index (χ2n) is 2.15. The first-order valence-corrected chi connectivity index (χ1v) is 3.87. The summed E-state index contributed by atoms with van der Waals surface area (Å²) in [5.41, 5.74) is 0. The lowest BCUT2D eigenvalue weighted by Crippen LogP contribution is -2.32. The molecule has 68 valence electrons.